The van der Waals surface area contributed by atoms with Crippen LogP contribution in [-0.2, 0) is 0 Å². The lowest BCUT2D eigenvalue weighted by atomic mass is 10.4. The van der Waals surface area contributed by atoms with Crippen LogP contribution in [-0.4, -0.2) is 30.1 Å². The average molecular weight is 180 g/mol. The molecule has 0 atom stereocenters. The van der Waals surface area contributed by atoms with Gasteiger partial charge in [-0.25, -0.2) is 4.79 Å². The van der Waals surface area contributed by atoms with E-state index >= 15 is 0 Å². The summed E-state index contributed by atoms with van der Waals surface area (Å²) in [5, 5.41) is 0. The predicted molar refractivity (Wildman–Crippen MR) is 48.7 cm³/mol. The number of nitrogens with zero attached hydrogens (tertiary/aromatic N) is 2. The number of hydrogen-bond donors (Lipinski definition) is 0. The molecule has 0 saturated heterocycles. The molecule has 4 heteroatoms. The quantitative estimate of drug-likeness (QED) is 0.657. The van der Waals surface area contributed by atoms with E-state index in [0.29, 0.717) is 5.75 Å². The second kappa shape index (κ2) is 3.89. The number of aromatic nitrogens is 1. The Morgan fingerprint density at radius 2 is 2.15 bits per heavy atom. The second-order valence-corrected chi connectivity index (χ2v) is 2.90. The molecular formula is C9H12N2O2. The van der Waals surface area contributed by atoms with Crippen LogP contribution in [0.25, 0.3) is 0 Å². The fourth-order valence-corrected chi connectivity index (χ4v) is 0.707. The van der Waals surface area contributed by atoms with Crippen LogP contribution in [0, 0.1) is 6.92 Å². The lowest BCUT2D eigenvalue weighted by Crippen LogP contribution is -2.25. The SMILES string of the molecule is Cc1ccc(OC(=O)N(C)C)cn1. The summed E-state index contributed by atoms with van der Waals surface area (Å²) in [5.41, 5.74) is 0.893. The molecule has 0 saturated carbocycles. The van der Waals surface area contributed by atoms with Gasteiger partial charge in [0.15, 0.2) is 5.75 Å². The molecule has 1 aromatic heterocycles. The van der Waals surface area contributed by atoms with Crippen LogP contribution in [0.15, 0.2) is 18.3 Å². The first-order chi connectivity index (χ1) is 6.09. The molecule has 0 radical (unpaired) electrons. The van der Waals surface area contributed by atoms with Crippen LogP contribution in [0.4, 0.5) is 4.79 Å². The highest BCUT2D eigenvalue weighted by molar-refractivity contribution is 5.69. The standard InChI is InChI=1S/C9H12N2O2/c1-7-4-5-8(6-10-7)13-9(12)11(2)3/h4-6H,1-3H3. The summed E-state index contributed by atoms with van der Waals surface area (Å²) >= 11 is 0. The zero-order chi connectivity index (χ0) is 9.84. The number of ether oxygens (including phenoxy) is 1. The average Bonchev–Trinajstić information content (AvgIpc) is 2.08. The van der Waals surface area contributed by atoms with Crippen molar-refractivity contribution in [3.05, 3.63) is 24.0 Å². The van der Waals surface area contributed by atoms with Crippen LogP contribution in [0.3, 0.4) is 0 Å². The lowest BCUT2D eigenvalue weighted by molar-refractivity contribution is 0.171. The number of rotatable bonds is 1. The van der Waals surface area contributed by atoms with E-state index in [9.17, 15) is 4.79 Å². The summed E-state index contributed by atoms with van der Waals surface area (Å²) in [6, 6.07) is 3.50. The zero-order valence-electron chi connectivity index (χ0n) is 7.94. The first-order valence-electron chi connectivity index (χ1n) is 3.91. The minimum Gasteiger partial charge on any atom is -0.409 e. The van der Waals surface area contributed by atoms with Crippen molar-refractivity contribution < 1.29 is 9.53 Å². The van der Waals surface area contributed by atoms with Crippen molar-refractivity contribution in [2.24, 2.45) is 0 Å². The topological polar surface area (TPSA) is 42.4 Å². The van der Waals surface area contributed by atoms with Gasteiger partial charge in [0, 0.05) is 19.8 Å². The van der Waals surface area contributed by atoms with Gasteiger partial charge in [-0.2, -0.15) is 0 Å². The van der Waals surface area contributed by atoms with E-state index in [0.717, 1.165) is 5.69 Å². The first-order valence-corrected chi connectivity index (χ1v) is 3.91. The largest absolute Gasteiger partial charge is 0.414 e. The molecule has 0 aliphatic rings. The molecule has 13 heavy (non-hydrogen) atoms. The highest BCUT2D eigenvalue weighted by atomic mass is 16.6. The molecule has 0 bridgehead atoms. The number of hydrogen-bond acceptors (Lipinski definition) is 3. The van der Waals surface area contributed by atoms with Crippen LogP contribution >= 0.6 is 0 Å². The molecule has 0 aliphatic carbocycles. The van der Waals surface area contributed by atoms with Crippen molar-refractivity contribution >= 4 is 6.09 Å². The van der Waals surface area contributed by atoms with Gasteiger partial charge in [-0.05, 0) is 19.1 Å². The molecule has 1 aromatic rings. The molecule has 0 unspecified atom stereocenters. The molecule has 4 nitrogen and oxygen atoms in total. The minimum atomic E-state index is -0.398. The van der Waals surface area contributed by atoms with Crippen molar-refractivity contribution in [3.8, 4) is 5.75 Å². The number of carbonyl (C=O) groups excluding carboxylic acids is 1. The van der Waals surface area contributed by atoms with Gasteiger partial charge in [0.1, 0.15) is 0 Å². The zero-order valence-corrected chi connectivity index (χ0v) is 7.94. The van der Waals surface area contributed by atoms with Gasteiger partial charge in [0.05, 0.1) is 6.20 Å². The molecular weight excluding hydrogens is 168 g/mol. The van der Waals surface area contributed by atoms with Gasteiger partial charge in [-0.15, -0.1) is 0 Å². The maximum atomic E-state index is 11.1. The fourth-order valence-electron chi connectivity index (χ4n) is 0.707. The number of amides is 1. The summed E-state index contributed by atoms with van der Waals surface area (Å²) in [6.07, 6.45) is 1.13. The Balaban J connectivity index is 2.65. The lowest BCUT2D eigenvalue weighted by Gasteiger charge is -2.09. The summed E-state index contributed by atoms with van der Waals surface area (Å²) in [4.78, 5) is 16.4. The molecule has 1 heterocycles. The first kappa shape index (κ1) is 9.51. The maximum Gasteiger partial charge on any atom is 0.414 e. The second-order valence-electron chi connectivity index (χ2n) is 2.90. The normalized spacial score (nSPS) is 9.46. The van der Waals surface area contributed by atoms with Crippen LogP contribution in [0.1, 0.15) is 5.69 Å². The van der Waals surface area contributed by atoms with Crippen LogP contribution in [0.5, 0.6) is 5.75 Å². The van der Waals surface area contributed by atoms with E-state index in [-0.39, 0.29) is 0 Å². The monoisotopic (exact) mass is 180 g/mol. The van der Waals surface area contributed by atoms with Crippen molar-refractivity contribution in [2.45, 2.75) is 6.92 Å². The van der Waals surface area contributed by atoms with Crippen molar-refractivity contribution in [2.75, 3.05) is 14.1 Å². The molecule has 1 rings (SSSR count). The number of pyridine rings is 1. The van der Waals surface area contributed by atoms with Crippen molar-refractivity contribution in [1.29, 1.82) is 0 Å². The Bertz CT molecular complexity index is 293. The van der Waals surface area contributed by atoms with Gasteiger partial charge in [-0.3, -0.25) is 4.98 Å². The molecule has 1 amide bonds. The van der Waals surface area contributed by atoms with Crippen molar-refractivity contribution in [3.63, 3.8) is 0 Å². The molecule has 0 aliphatic heterocycles. The molecule has 0 fully saturated rings. The maximum absolute atomic E-state index is 11.1. The highest BCUT2D eigenvalue weighted by Crippen LogP contribution is 2.09. The van der Waals surface area contributed by atoms with E-state index in [1.165, 1.54) is 11.1 Å². The van der Waals surface area contributed by atoms with E-state index < -0.39 is 6.09 Å². The minimum absolute atomic E-state index is 0.398. The van der Waals surface area contributed by atoms with Gasteiger partial charge in [-0.1, -0.05) is 0 Å². The summed E-state index contributed by atoms with van der Waals surface area (Å²) in [7, 11) is 3.26. The molecule has 0 aromatic carbocycles. The Morgan fingerprint density at radius 1 is 1.46 bits per heavy atom. The van der Waals surface area contributed by atoms with E-state index in [1.54, 1.807) is 26.2 Å². The summed E-state index contributed by atoms with van der Waals surface area (Å²) in [5.74, 6) is 0.462. The highest BCUT2D eigenvalue weighted by Gasteiger charge is 2.05. The fraction of sp³-hybridized carbons (Fsp3) is 0.333. The van der Waals surface area contributed by atoms with Gasteiger partial charge in [0.2, 0.25) is 0 Å². The Hall–Kier alpha value is -1.58. The van der Waals surface area contributed by atoms with Crippen LogP contribution < -0.4 is 4.74 Å². The third-order valence-corrected chi connectivity index (χ3v) is 1.45. The Morgan fingerprint density at radius 3 is 2.62 bits per heavy atom. The summed E-state index contributed by atoms with van der Waals surface area (Å²) in [6.45, 7) is 1.87. The smallest absolute Gasteiger partial charge is 0.409 e. The van der Waals surface area contributed by atoms with Gasteiger partial charge < -0.3 is 9.64 Å². The Labute approximate surface area is 77.1 Å². The van der Waals surface area contributed by atoms with E-state index in [2.05, 4.69) is 4.98 Å². The van der Waals surface area contributed by atoms with Crippen LogP contribution in [0.2, 0.25) is 0 Å². The molecule has 70 valence electrons. The summed E-state index contributed by atoms with van der Waals surface area (Å²) < 4.78 is 4.96. The third kappa shape index (κ3) is 2.74. The molecule has 0 spiro atoms. The van der Waals surface area contributed by atoms with Crippen molar-refractivity contribution in [1.82, 2.24) is 9.88 Å². The molecule has 0 N–H and O–H groups in total. The number of aryl methyl sites for hydroxylation is 1. The van der Waals surface area contributed by atoms with E-state index in [4.69, 9.17) is 4.74 Å². The predicted octanol–water partition coefficient (Wildman–Crippen LogP) is 1.45. The number of carbonyl (C=O) groups is 1. The van der Waals surface area contributed by atoms with Gasteiger partial charge in [0.25, 0.3) is 0 Å². The van der Waals surface area contributed by atoms with E-state index in [1.807, 2.05) is 6.92 Å². The Kier molecular flexibility index (Phi) is 2.84. The van der Waals surface area contributed by atoms with Gasteiger partial charge >= 0.3 is 6.09 Å². The third-order valence-electron chi connectivity index (χ3n) is 1.45.